The van der Waals surface area contributed by atoms with Gasteiger partial charge < -0.3 is 19.7 Å². The molecule has 0 aliphatic heterocycles. The highest BCUT2D eigenvalue weighted by atomic mass is 16.5. The molecular formula is C26H20O4. The zero-order chi connectivity index (χ0) is 20.8. The van der Waals surface area contributed by atoms with Crippen molar-refractivity contribution < 1.29 is 19.7 Å². The first kappa shape index (κ1) is 18.1. The van der Waals surface area contributed by atoms with Gasteiger partial charge in [-0.1, -0.05) is 48.5 Å². The molecule has 4 heteroatoms. The van der Waals surface area contributed by atoms with Crippen molar-refractivity contribution in [3.05, 3.63) is 115 Å². The minimum Gasteiger partial charge on any atom is -0.507 e. The Hall–Kier alpha value is -3.92. The molecule has 5 rings (SSSR count). The quantitative estimate of drug-likeness (QED) is 0.429. The molecule has 0 unspecified atom stereocenters. The van der Waals surface area contributed by atoms with Gasteiger partial charge in [0.2, 0.25) is 0 Å². The first-order valence-electron chi connectivity index (χ1n) is 9.65. The summed E-state index contributed by atoms with van der Waals surface area (Å²) in [5.74, 6) is 1.35. The first-order chi connectivity index (χ1) is 14.7. The summed E-state index contributed by atoms with van der Waals surface area (Å²) in [5, 5.41) is 28.3. The van der Waals surface area contributed by atoms with Crippen LogP contribution in [0.5, 0.6) is 23.0 Å². The van der Waals surface area contributed by atoms with E-state index in [0.717, 1.165) is 31.3 Å². The molecule has 0 fully saturated rings. The SMILES string of the molecule is COc1cccc2/c1=c1/c(O)ccc(O)/c1=c1\c(OC)ccc\c1=c1/cccc/c1=2. The molecule has 0 radical (unpaired) electrons. The number of rotatable bonds is 2. The fourth-order valence-corrected chi connectivity index (χ4v) is 4.41. The molecule has 4 aromatic carbocycles. The number of phenols is 2. The van der Waals surface area contributed by atoms with E-state index in [2.05, 4.69) is 12.1 Å². The smallest absolute Gasteiger partial charge is 0.127 e. The van der Waals surface area contributed by atoms with E-state index in [1.54, 1.807) is 14.2 Å². The van der Waals surface area contributed by atoms with Gasteiger partial charge in [-0.15, -0.1) is 0 Å². The Morgan fingerprint density at radius 1 is 0.467 bits per heavy atom. The third-order valence-electron chi connectivity index (χ3n) is 5.66. The van der Waals surface area contributed by atoms with E-state index >= 15 is 0 Å². The number of phenolic OH excluding ortho intramolecular Hbond substituents is 2. The van der Waals surface area contributed by atoms with E-state index in [-0.39, 0.29) is 11.5 Å². The molecule has 4 aromatic rings. The van der Waals surface area contributed by atoms with Gasteiger partial charge in [-0.25, -0.2) is 0 Å². The van der Waals surface area contributed by atoms with Crippen LogP contribution in [0.2, 0.25) is 0 Å². The summed E-state index contributed by atoms with van der Waals surface area (Å²) in [6.07, 6.45) is 0. The van der Waals surface area contributed by atoms with Gasteiger partial charge in [-0.05, 0) is 45.1 Å². The van der Waals surface area contributed by atoms with Crippen LogP contribution < -0.4 is 9.47 Å². The molecule has 0 aromatic heterocycles. The maximum atomic E-state index is 11.0. The number of fused-ring (bicyclic) bond motifs is 4. The van der Waals surface area contributed by atoms with Crippen molar-refractivity contribution in [2.45, 2.75) is 0 Å². The summed E-state index contributed by atoms with van der Waals surface area (Å²) >= 11 is 0. The van der Waals surface area contributed by atoms with Gasteiger partial charge in [0.25, 0.3) is 0 Å². The van der Waals surface area contributed by atoms with Gasteiger partial charge in [0.15, 0.2) is 0 Å². The maximum Gasteiger partial charge on any atom is 0.127 e. The van der Waals surface area contributed by atoms with Crippen molar-refractivity contribution in [3.63, 3.8) is 0 Å². The van der Waals surface area contributed by atoms with E-state index in [4.69, 9.17) is 9.47 Å². The Kier molecular flexibility index (Phi) is 4.14. The molecule has 1 aliphatic carbocycles. The summed E-state index contributed by atoms with van der Waals surface area (Å²) in [4.78, 5) is 0. The van der Waals surface area contributed by atoms with Crippen molar-refractivity contribution >= 4 is 0 Å². The highest BCUT2D eigenvalue weighted by Gasteiger charge is 2.11. The molecular weight excluding hydrogens is 376 g/mol. The summed E-state index contributed by atoms with van der Waals surface area (Å²) in [6.45, 7) is 0. The molecule has 1 aliphatic rings. The number of aromatic hydroxyl groups is 2. The van der Waals surface area contributed by atoms with Crippen LogP contribution in [0.3, 0.4) is 0 Å². The van der Waals surface area contributed by atoms with Crippen LogP contribution in [0.25, 0.3) is 0 Å². The number of ether oxygens (including phenoxy) is 2. The molecule has 0 heterocycles. The molecule has 4 nitrogen and oxygen atoms in total. The van der Waals surface area contributed by atoms with Gasteiger partial charge in [-0.3, -0.25) is 0 Å². The van der Waals surface area contributed by atoms with E-state index in [1.807, 2.05) is 48.5 Å². The van der Waals surface area contributed by atoms with Gasteiger partial charge in [0.05, 0.1) is 14.2 Å². The first-order valence-corrected chi connectivity index (χ1v) is 9.65. The Morgan fingerprint density at radius 2 is 0.867 bits per heavy atom. The lowest BCUT2D eigenvalue weighted by Gasteiger charge is -2.10. The van der Waals surface area contributed by atoms with Crippen molar-refractivity contribution in [1.29, 1.82) is 0 Å². The highest BCUT2D eigenvalue weighted by Crippen LogP contribution is 2.30. The van der Waals surface area contributed by atoms with Crippen LogP contribution in [0, 0.1) is 41.7 Å². The van der Waals surface area contributed by atoms with Crippen LogP contribution in [-0.4, -0.2) is 24.4 Å². The monoisotopic (exact) mass is 396 g/mol. The van der Waals surface area contributed by atoms with Crippen molar-refractivity contribution in [1.82, 2.24) is 0 Å². The van der Waals surface area contributed by atoms with Crippen LogP contribution in [0.1, 0.15) is 0 Å². The fourth-order valence-electron chi connectivity index (χ4n) is 4.41. The second-order valence-corrected chi connectivity index (χ2v) is 7.17. The zero-order valence-electron chi connectivity index (χ0n) is 16.6. The predicted molar refractivity (Wildman–Crippen MR) is 113 cm³/mol. The molecule has 148 valence electrons. The number of benzene rings is 4. The molecule has 0 saturated heterocycles. The van der Waals surface area contributed by atoms with Gasteiger partial charge in [-0.2, -0.15) is 0 Å². The average Bonchev–Trinajstić information content (AvgIpc) is 2.78. The Bertz CT molecular complexity index is 1560. The number of hydrogen-bond acceptors (Lipinski definition) is 4. The molecule has 0 amide bonds. The van der Waals surface area contributed by atoms with E-state index < -0.39 is 0 Å². The lowest BCUT2D eigenvalue weighted by Crippen LogP contribution is -1.95. The zero-order valence-corrected chi connectivity index (χ0v) is 16.6. The average molecular weight is 396 g/mol. The van der Waals surface area contributed by atoms with Gasteiger partial charge >= 0.3 is 0 Å². The van der Waals surface area contributed by atoms with Crippen molar-refractivity contribution in [3.8, 4) is 23.0 Å². The largest absolute Gasteiger partial charge is 0.507 e. The number of hydrogen-bond donors (Lipinski definition) is 2. The maximum absolute atomic E-state index is 11.0. The molecule has 0 saturated carbocycles. The second-order valence-electron chi connectivity index (χ2n) is 7.17. The van der Waals surface area contributed by atoms with Crippen LogP contribution in [0.4, 0.5) is 0 Å². The Labute approximate surface area is 171 Å². The highest BCUT2D eigenvalue weighted by molar-refractivity contribution is 5.45. The summed E-state index contributed by atoms with van der Waals surface area (Å²) in [7, 11) is 3.21. The van der Waals surface area contributed by atoms with Gasteiger partial charge in [0, 0.05) is 20.9 Å². The Balaban J connectivity index is 2.51. The summed E-state index contributed by atoms with van der Waals surface area (Å²) in [6, 6.07) is 22.7. The molecule has 2 N–H and O–H groups in total. The Morgan fingerprint density at radius 3 is 1.27 bits per heavy atom. The van der Waals surface area contributed by atoms with Crippen molar-refractivity contribution in [2.24, 2.45) is 0 Å². The minimum absolute atomic E-state index is 0.0600. The standard InChI is InChI=1S/C26H20O4/c1-29-21-11-5-9-17-15-7-3-4-8-16(15)18-10-6-12-22(30-2)24(18)26-20(28)14-13-19(27)25(26)23(17)21/h3-14,27-28H,1-2H3/b17-15-,18-16-,25-23+,26-24+. The van der Waals surface area contributed by atoms with Crippen LogP contribution in [-0.2, 0) is 0 Å². The van der Waals surface area contributed by atoms with E-state index in [0.29, 0.717) is 21.9 Å². The molecule has 0 bridgehead atoms. The normalized spacial score (nSPS) is 16.1. The fraction of sp³-hybridized carbons (Fsp3) is 0.0769. The summed E-state index contributed by atoms with van der Waals surface area (Å²) in [5.41, 5.74) is 0. The molecule has 0 atom stereocenters. The molecule has 30 heavy (non-hydrogen) atoms. The third-order valence-corrected chi connectivity index (χ3v) is 5.66. The lowest BCUT2D eigenvalue weighted by atomic mass is 10.00. The third kappa shape index (κ3) is 2.47. The number of methoxy groups -OCH3 is 2. The van der Waals surface area contributed by atoms with E-state index in [9.17, 15) is 10.2 Å². The van der Waals surface area contributed by atoms with Crippen molar-refractivity contribution in [2.75, 3.05) is 14.2 Å². The second kappa shape index (κ2) is 6.85. The van der Waals surface area contributed by atoms with Gasteiger partial charge in [0.1, 0.15) is 23.0 Å². The predicted octanol–water partition coefficient (Wildman–Crippen LogP) is 4.58. The lowest BCUT2D eigenvalue weighted by molar-refractivity contribution is 0.408. The van der Waals surface area contributed by atoms with Crippen LogP contribution >= 0.6 is 0 Å². The summed E-state index contributed by atoms with van der Waals surface area (Å²) < 4.78 is 11.4. The topological polar surface area (TPSA) is 58.9 Å². The van der Waals surface area contributed by atoms with Crippen LogP contribution in [0.15, 0.2) is 72.8 Å². The minimum atomic E-state index is 0.0600. The van der Waals surface area contributed by atoms with E-state index in [1.165, 1.54) is 12.1 Å². The molecule has 0 spiro atoms.